The minimum atomic E-state index is -0.0804. The van der Waals surface area contributed by atoms with Gasteiger partial charge < -0.3 is 23.7 Å². The van der Waals surface area contributed by atoms with Gasteiger partial charge in [0, 0.05) is 13.5 Å². The number of methoxy groups -OCH3 is 1. The lowest BCUT2D eigenvalue weighted by Crippen LogP contribution is -2.26. The van der Waals surface area contributed by atoms with Crippen LogP contribution in [0.5, 0.6) is 0 Å². The van der Waals surface area contributed by atoms with E-state index in [2.05, 4.69) is 0 Å². The molecule has 1 aliphatic heterocycles. The zero-order valence-electron chi connectivity index (χ0n) is 9.98. The van der Waals surface area contributed by atoms with Crippen molar-refractivity contribution in [2.45, 2.75) is 19.1 Å². The highest BCUT2D eigenvalue weighted by atomic mass is 16.7. The number of rotatable bonds is 9. The molecule has 5 heteroatoms. The molecule has 16 heavy (non-hydrogen) atoms. The fourth-order valence-corrected chi connectivity index (χ4v) is 1.35. The maximum atomic E-state index is 5.39. The first-order valence-corrected chi connectivity index (χ1v) is 5.81. The molecule has 0 aromatic heterocycles. The minimum Gasteiger partial charge on any atom is -0.382 e. The lowest BCUT2D eigenvalue weighted by Gasteiger charge is -2.22. The molecule has 0 aliphatic carbocycles. The molecule has 0 aromatic carbocycles. The van der Waals surface area contributed by atoms with E-state index in [1.165, 1.54) is 0 Å². The van der Waals surface area contributed by atoms with Gasteiger partial charge in [-0.25, -0.2) is 0 Å². The van der Waals surface area contributed by atoms with Crippen LogP contribution in [0.1, 0.15) is 12.8 Å². The second-order valence-electron chi connectivity index (χ2n) is 3.53. The summed E-state index contributed by atoms with van der Waals surface area (Å²) in [5.41, 5.74) is 0. The van der Waals surface area contributed by atoms with E-state index in [0.29, 0.717) is 33.0 Å². The van der Waals surface area contributed by atoms with Crippen molar-refractivity contribution in [2.24, 2.45) is 0 Å². The van der Waals surface area contributed by atoms with Crippen molar-refractivity contribution < 1.29 is 23.7 Å². The van der Waals surface area contributed by atoms with Gasteiger partial charge in [0.2, 0.25) is 0 Å². The summed E-state index contributed by atoms with van der Waals surface area (Å²) in [6.45, 7) is 4.71. The highest BCUT2D eigenvalue weighted by molar-refractivity contribution is 4.51. The van der Waals surface area contributed by atoms with Crippen molar-refractivity contribution in [1.82, 2.24) is 0 Å². The van der Waals surface area contributed by atoms with Gasteiger partial charge in [-0.1, -0.05) is 0 Å². The zero-order chi connectivity index (χ0) is 11.5. The largest absolute Gasteiger partial charge is 0.382 e. The molecule has 0 aromatic rings. The smallest absolute Gasteiger partial charge is 0.159 e. The van der Waals surface area contributed by atoms with Crippen LogP contribution in [0.4, 0.5) is 0 Å². The normalized spacial score (nSPS) is 17.8. The number of hydrogen-bond acceptors (Lipinski definition) is 5. The van der Waals surface area contributed by atoms with Crippen molar-refractivity contribution in [1.29, 1.82) is 0 Å². The van der Waals surface area contributed by atoms with E-state index in [-0.39, 0.29) is 6.29 Å². The fourth-order valence-electron chi connectivity index (χ4n) is 1.35. The van der Waals surface area contributed by atoms with E-state index in [9.17, 15) is 0 Å². The fraction of sp³-hybridized carbons (Fsp3) is 1.00. The molecule has 1 saturated heterocycles. The van der Waals surface area contributed by atoms with Crippen LogP contribution in [0.2, 0.25) is 0 Å². The Morgan fingerprint density at radius 2 is 1.56 bits per heavy atom. The highest BCUT2D eigenvalue weighted by Crippen LogP contribution is 2.08. The van der Waals surface area contributed by atoms with Gasteiger partial charge in [-0.05, 0) is 6.42 Å². The maximum absolute atomic E-state index is 5.39. The average molecular weight is 234 g/mol. The Bertz CT molecular complexity index is 147. The molecule has 0 spiro atoms. The topological polar surface area (TPSA) is 46.2 Å². The van der Waals surface area contributed by atoms with E-state index in [0.717, 1.165) is 26.1 Å². The molecule has 0 radical (unpaired) electrons. The summed E-state index contributed by atoms with van der Waals surface area (Å²) in [5.74, 6) is 0. The Morgan fingerprint density at radius 3 is 2.25 bits per heavy atom. The molecule has 1 aliphatic rings. The van der Waals surface area contributed by atoms with Crippen LogP contribution in [-0.2, 0) is 23.7 Å². The third kappa shape index (κ3) is 7.14. The van der Waals surface area contributed by atoms with Crippen molar-refractivity contribution >= 4 is 0 Å². The lowest BCUT2D eigenvalue weighted by molar-refractivity contribution is -0.186. The molecule has 0 bridgehead atoms. The summed E-state index contributed by atoms with van der Waals surface area (Å²) in [4.78, 5) is 0. The highest BCUT2D eigenvalue weighted by Gasteiger charge is 2.13. The Morgan fingerprint density at radius 1 is 0.938 bits per heavy atom. The molecule has 0 amide bonds. The first-order chi connectivity index (χ1) is 7.93. The molecule has 1 fully saturated rings. The maximum Gasteiger partial charge on any atom is 0.159 e. The van der Waals surface area contributed by atoms with Crippen LogP contribution in [-0.4, -0.2) is 59.6 Å². The van der Waals surface area contributed by atoms with Crippen LogP contribution in [0.15, 0.2) is 0 Å². The summed E-state index contributed by atoms with van der Waals surface area (Å²) < 4.78 is 26.3. The van der Waals surface area contributed by atoms with Crippen LogP contribution < -0.4 is 0 Å². The predicted octanol–water partition coefficient (Wildman–Crippen LogP) is 0.819. The molecule has 1 heterocycles. The van der Waals surface area contributed by atoms with E-state index in [1.54, 1.807) is 7.11 Å². The van der Waals surface area contributed by atoms with Crippen molar-refractivity contribution in [3.63, 3.8) is 0 Å². The number of hydrogen-bond donors (Lipinski definition) is 0. The van der Waals surface area contributed by atoms with Crippen LogP contribution >= 0.6 is 0 Å². The van der Waals surface area contributed by atoms with Crippen LogP contribution in [0, 0.1) is 0 Å². The summed E-state index contributed by atoms with van der Waals surface area (Å²) in [7, 11) is 1.66. The van der Waals surface area contributed by atoms with Gasteiger partial charge in [0.15, 0.2) is 6.29 Å². The predicted molar refractivity (Wildman–Crippen MR) is 58.4 cm³/mol. The molecular formula is C11H22O5. The van der Waals surface area contributed by atoms with E-state index in [4.69, 9.17) is 23.7 Å². The van der Waals surface area contributed by atoms with Gasteiger partial charge in [0.1, 0.15) is 0 Å². The third-order valence-electron chi connectivity index (χ3n) is 2.20. The zero-order valence-corrected chi connectivity index (χ0v) is 9.98. The van der Waals surface area contributed by atoms with Crippen molar-refractivity contribution in [2.75, 3.05) is 53.4 Å². The molecule has 0 unspecified atom stereocenters. The molecule has 0 N–H and O–H groups in total. The lowest BCUT2D eigenvalue weighted by atomic mass is 10.4. The molecule has 0 saturated carbocycles. The Balaban J connectivity index is 1.77. The molecule has 1 rings (SSSR count). The summed E-state index contributed by atoms with van der Waals surface area (Å²) in [6.07, 6.45) is 1.70. The van der Waals surface area contributed by atoms with E-state index >= 15 is 0 Å². The average Bonchev–Trinajstić information content (AvgIpc) is 2.34. The second kappa shape index (κ2) is 9.99. The monoisotopic (exact) mass is 234 g/mol. The van der Waals surface area contributed by atoms with Crippen LogP contribution in [0.3, 0.4) is 0 Å². The molecule has 96 valence electrons. The Labute approximate surface area is 97.0 Å². The quantitative estimate of drug-likeness (QED) is 0.553. The first kappa shape index (κ1) is 13.9. The molecule has 0 atom stereocenters. The van der Waals surface area contributed by atoms with Crippen LogP contribution in [0.25, 0.3) is 0 Å². The Hall–Kier alpha value is -0.200. The molecular weight excluding hydrogens is 212 g/mol. The van der Waals surface area contributed by atoms with Gasteiger partial charge in [-0.15, -0.1) is 0 Å². The number of ether oxygens (including phenoxy) is 5. The minimum absolute atomic E-state index is 0.0804. The van der Waals surface area contributed by atoms with E-state index in [1.807, 2.05) is 0 Å². The van der Waals surface area contributed by atoms with Crippen molar-refractivity contribution in [3.05, 3.63) is 0 Å². The standard InChI is InChI=1S/C11H22O5/c1-12-7-8-14-10-9-13-6-3-11-15-4-2-5-16-11/h11H,2-10H2,1H3. The van der Waals surface area contributed by atoms with Gasteiger partial charge in [-0.3, -0.25) is 0 Å². The summed E-state index contributed by atoms with van der Waals surface area (Å²) in [6, 6.07) is 0. The Kier molecular flexibility index (Phi) is 8.65. The van der Waals surface area contributed by atoms with Gasteiger partial charge in [0.05, 0.1) is 46.2 Å². The molecule has 5 nitrogen and oxygen atoms in total. The summed E-state index contributed by atoms with van der Waals surface area (Å²) in [5, 5.41) is 0. The van der Waals surface area contributed by atoms with Gasteiger partial charge in [0.25, 0.3) is 0 Å². The van der Waals surface area contributed by atoms with Gasteiger partial charge in [-0.2, -0.15) is 0 Å². The summed E-state index contributed by atoms with van der Waals surface area (Å²) >= 11 is 0. The second-order valence-corrected chi connectivity index (χ2v) is 3.53. The van der Waals surface area contributed by atoms with Crippen molar-refractivity contribution in [3.8, 4) is 0 Å². The van der Waals surface area contributed by atoms with E-state index < -0.39 is 0 Å². The van der Waals surface area contributed by atoms with Gasteiger partial charge >= 0.3 is 0 Å². The first-order valence-electron chi connectivity index (χ1n) is 5.81. The third-order valence-corrected chi connectivity index (χ3v) is 2.20. The SMILES string of the molecule is COCCOCCOCCC1OCCCO1.